The molecule has 6 heteroatoms. The summed E-state index contributed by atoms with van der Waals surface area (Å²) in [5, 5.41) is 11.1. The third-order valence-corrected chi connectivity index (χ3v) is 5.21. The van der Waals surface area contributed by atoms with Crippen molar-refractivity contribution >= 4 is 28.7 Å². The molecule has 2 amide bonds. The van der Waals surface area contributed by atoms with Gasteiger partial charge in [-0.25, -0.2) is 9.78 Å². The third kappa shape index (κ3) is 4.82. The molecular weight excluding hydrogens is 302 g/mol. The van der Waals surface area contributed by atoms with Gasteiger partial charge in [0.1, 0.15) is 0 Å². The van der Waals surface area contributed by atoms with Gasteiger partial charge in [0.2, 0.25) is 0 Å². The largest absolute Gasteiger partial charge is 0.338 e. The summed E-state index contributed by atoms with van der Waals surface area (Å²) in [5.74, 6) is 0.339. The quantitative estimate of drug-likeness (QED) is 0.855. The third-order valence-electron chi connectivity index (χ3n) is 3.38. The molecule has 0 unspecified atom stereocenters. The van der Waals surface area contributed by atoms with Crippen LogP contribution >= 0.6 is 22.7 Å². The van der Waals surface area contributed by atoms with E-state index in [1.54, 1.807) is 22.7 Å². The predicted molar refractivity (Wildman–Crippen MR) is 89.4 cm³/mol. The second-order valence-corrected chi connectivity index (χ2v) is 7.16. The van der Waals surface area contributed by atoms with Crippen LogP contribution in [0.4, 0.5) is 4.79 Å². The van der Waals surface area contributed by atoms with Crippen molar-refractivity contribution in [3.05, 3.63) is 38.0 Å². The van der Waals surface area contributed by atoms with Crippen LogP contribution < -0.4 is 10.6 Å². The van der Waals surface area contributed by atoms with Gasteiger partial charge in [0.25, 0.3) is 0 Å². The summed E-state index contributed by atoms with van der Waals surface area (Å²) in [7, 11) is 0. The van der Waals surface area contributed by atoms with Gasteiger partial charge >= 0.3 is 6.03 Å². The van der Waals surface area contributed by atoms with Crippen molar-refractivity contribution < 1.29 is 4.79 Å². The maximum atomic E-state index is 11.7. The number of thiophene rings is 1. The highest BCUT2D eigenvalue weighted by Crippen LogP contribution is 2.17. The first-order valence-electron chi connectivity index (χ1n) is 7.03. The first kappa shape index (κ1) is 16.0. The van der Waals surface area contributed by atoms with Crippen molar-refractivity contribution in [2.45, 2.75) is 33.1 Å². The minimum atomic E-state index is -0.109. The smallest absolute Gasteiger partial charge is 0.314 e. The van der Waals surface area contributed by atoms with Crippen LogP contribution in [0.25, 0.3) is 0 Å². The van der Waals surface area contributed by atoms with Crippen LogP contribution in [0.3, 0.4) is 0 Å². The maximum absolute atomic E-state index is 11.7. The molecule has 0 saturated heterocycles. The molecule has 2 heterocycles. The Bertz CT molecular complexity index is 558. The normalized spacial score (nSPS) is 12.1. The number of rotatable bonds is 6. The molecule has 0 aromatic carbocycles. The zero-order chi connectivity index (χ0) is 15.2. The molecule has 0 aliphatic rings. The molecule has 0 radical (unpaired) electrons. The molecule has 4 nitrogen and oxygen atoms in total. The summed E-state index contributed by atoms with van der Waals surface area (Å²) in [6, 6.07) is 1.99. The number of carbonyl (C=O) groups excluding carboxylic acids is 1. The molecule has 1 atom stereocenters. The van der Waals surface area contributed by atoms with Crippen LogP contribution in [0.1, 0.15) is 34.0 Å². The molecular formula is C15H21N3OS2. The maximum Gasteiger partial charge on any atom is 0.314 e. The van der Waals surface area contributed by atoms with Crippen molar-refractivity contribution in [3.63, 3.8) is 0 Å². The van der Waals surface area contributed by atoms with E-state index in [4.69, 9.17) is 0 Å². The summed E-state index contributed by atoms with van der Waals surface area (Å²) >= 11 is 3.38. The lowest BCUT2D eigenvalue weighted by molar-refractivity contribution is 0.240. The highest BCUT2D eigenvalue weighted by Gasteiger charge is 2.08. The first-order chi connectivity index (χ1) is 10.1. The molecule has 2 N–H and O–H groups in total. The van der Waals surface area contributed by atoms with E-state index in [9.17, 15) is 4.79 Å². The van der Waals surface area contributed by atoms with Gasteiger partial charge in [0, 0.05) is 24.4 Å². The number of urea groups is 1. The second-order valence-electron chi connectivity index (χ2n) is 5.09. The molecule has 0 saturated carbocycles. The predicted octanol–water partition coefficient (Wildman–Crippen LogP) is 3.47. The SMILES string of the molecule is Cc1nc(CCNC(=O)NC[C@@H](C)c2ccsc2)sc1C. The Hall–Kier alpha value is -1.40. The summed E-state index contributed by atoms with van der Waals surface area (Å²) < 4.78 is 0. The average Bonchev–Trinajstić information content (AvgIpc) is 3.07. The fourth-order valence-electron chi connectivity index (χ4n) is 1.91. The highest BCUT2D eigenvalue weighted by atomic mass is 32.1. The molecule has 2 aromatic rings. The van der Waals surface area contributed by atoms with Crippen molar-refractivity contribution in [2.75, 3.05) is 13.1 Å². The number of amides is 2. The number of hydrogen-bond acceptors (Lipinski definition) is 4. The fraction of sp³-hybridized carbons (Fsp3) is 0.467. The number of hydrogen-bond donors (Lipinski definition) is 2. The minimum absolute atomic E-state index is 0.109. The molecule has 0 aliphatic carbocycles. The number of aryl methyl sites for hydroxylation is 2. The lowest BCUT2D eigenvalue weighted by Gasteiger charge is -2.12. The van der Waals surface area contributed by atoms with Gasteiger partial charge in [-0.3, -0.25) is 0 Å². The molecule has 2 aromatic heterocycles. The van der Waals surface area contributed by atoms with E-state index in [1.165, 1.54) is 10.4 Å². The lowest BCUT2D eigenvalue weighted by Crippen LogP contribution is -2.38. The molecule has 21 heavy (non-hydrogen) atoms. The Morgan fingerprint density at radius 3 is 2.81 bits per heavy atom. The minimum Gasteiger partial charge on any atom is -0.338 e. The zero-order valence-corrected chi connectivity index (χ0v) is 14.2. The molecule has 0 spiro atoms. The number of carbonyl (C=O) groups is 1. The number of nitrogens with one attached hydrogen (secondary N) is 2. The monoisotopic (exact) mass is 323 g/mol. The summed E-state index contributed by atoms with van der Waals surface area (Å²) in [6.45, 7) is 7.47. The van der Waals surface area contributed by atoms with E-state index in [0.717, 1.165) is 17.1 Å². The standard InChI is InChI=1S/C15H21N3OS2/c1-10(13-5-7-20-9-13)8-17-15(19)16-6-4-14-18-11(2)12(3)21-14/h5,7,9-10H,4,6,8H2,1-3H3,(H2,16,17,19)/t10-/m1/s1. The summed E-state index contributed by atoms with van der Waals surface area (Å²) in [5.41, 5.74) is 2.36. The van der Waals surface area contributed by atoms with Gasteiger partial charge < -0.3 is 10.6 Å². The van der Waals surface area contributed by atoms with Crippen LogP contribution in [0.2, 0.25) is 0 Å². The number of thiazole rings is 1. The Morgan fingerprint density at radius 2 is 2.19 bits per heavy atom. The Labute approximate surface area is 133 Å². The van der Waals surface area contributed by atoms with Crippen LogP contribution in [-0.2, 0) is 6.42 Å². The van der Waals surface area contributed by atoms with Crippen molar-refractivity contribution in [1.82, 2.24) is 15.6 Å². The van der Waals surface area contributed by atoms with Gasteiger partial charge in [-0.2, -0.15) is 11.3 Å². The number of aromatic nitrogens is 1. The average molecular weight is 323 g/mol. The van der Waals surface area contributed by atoms with Crippen LogP contribution in [0, 0.1) is 13.8 Å². The number of nitrogens with zero attached hydrogens (tertiary/aromatic N) is 1. The van der Waals surface area contributed by atoms with Gasteiger partial charge in [0.15, 0.2) is 0 Å². The van der Waals surface area contributed by atoms with Gasteiger partial charge in [0.05, 0.1) is 10.7 Å². The Kier molecular flexibility index (Phi) is 5.76. The van der Waals surface area contributed by atoms with Crippen molar-refractivity contribution in [3.8, 4) is 0 Å². The fourth-order valence-corrected chi connectivity index (χ4v) is 3.63. The van der Waals surface area contributed by atoms with E-state index in [1.807, 2.05) is 6.92 Å². The van der Waals surface area contributed by atoms with Gasteiger partial charge in [-0.1, -0.05) is 6.92 Å². The Morgan fingerprint density at radius 1 is 1.38 bits per heavy atom. The van der Waals surface area contributed by atoms with Crippen LogP contribution in [0.15, 0.2) is 16.8 Å². The van der Waals surface area contributed by atoms with E-state index in [0.29, 0.717) is 19.0 Å². The lowest BCUT2D eigenvalue weighted by atomic mass is 10.1. The van der Waals surface area contributed by atoms with E-state index >= 15 is 0 Å². The summed E-state index contributed by atoms with van der Waals surface area (Å²) in [4.78, 5) is 17.5. The highest BCUT2D eigenvalue weighted by molar-refractivity contribution is 7.11. The van der Waals surface area contributed by atoms with E-state index in [-0.39, 0.29) is 6.03 Å². The van der Waals surface area contributed by atoms with Crippen molar-refractivity contribution in [2.24, 2.45) is 0 Å². The zero-order valence-electron chi connectivity index (χ0n) is 12.6. The van der Waals surface area contributed by atoms with Crippen LogP contribution in [-0.4, -0.2) is 24.1 Å². The second kappa shape index (κ2) is 7.56. The summed E-state index contributed by atoms with van der Waals surface area (Å²) in [6.07, 6.45) is 0.785. The van der Waals surface area contributed by atoms with Crippen LogP contribution in [0.5, 0.6) is 0 Å². The molecule has 114 valence electrons. The molecule has 0 bridgehead atoms. The first-order valence-corrected chi connectivity index (χ1v) is 8.79. The molecule has 0 aliphatic heterocycles. The van der Waals surface area contributed by atoms with Gasteiger partial charge in [-0.05, 0) is 42.2 Å². The Balaban J connectivity index is 1.65. The topological polar surface area (TPSA) is 54.0 Å². The van der Waals surface area contributed by atoms with Gasteiger partial charge in [-0.15, -0.1) is 11.3 Å². The molecule has 0 fully saturated rings. The van der Waals surface area contributed by atoms with E-state index < -0.39 is 0 Å². The molecule has 2 rings (SSSR count). The van der Waals surface area contributed by atoms with E-state index in [2.05, 4.69) is 46.3 Å². The van der Waals surface area contributed by atoms with Crippen molar-refractivity contribution in [1.29, 1.82) is 0 Å².